The van der Waals surface area contributed by atoms with E-state index in [2.05, 4.69) is 55.6 Å². The first-order chi connectivity index (χ1) is 9.79. The fourth-order valence-electron chi connectivity index (χ4n) is 2.83. The fourth-order valence-corrected chi connectivity index (χ4v) is 2.83. The highest BCUT2D eigenvalue weighted by Crippen LogP contribution is 2.38. The maximum Gasteiger partial charge on any atom is 0.130 e. The van der Waals surface area contributed by atoms with Crippen molar-refractivity contribution in [3.05, 3.63) is 53.1 Å². The van der Waals surface area contributed by atoms with Gasteiger partial charge in [0.25, 0.3) is 0 Å². The average molecular weight is 267 g/mol. The van der Waals surface area contributed by atoms with Crippen LogP contribution in [0.3, 0.4) is 0 Å². The summed E-state index contributed by atoms with van der Waals surface area (Å²) in [6, 6.07) is 13.2. The van der Waals surface area contributed by atoms with Crippen molar-refractivity contribution < 1.29 is 4.74 Å². The lowest BCUT2D eigenvalue weighted by atomic mass is 9.96. The molecule has 0 atom stereocenters. The van der Waals surface area contributed by atoms with E-state index in [4.69, 9.17) is 4.74 Å². The number of hydrogen-bond acceptors (Lipinski definition) is 2. The van der Waals surface area contributed by atoms with Crippen molar-refractivity contribution in [2.75, 3.05) is 13.2 Å². The summed E-state index contributed by atoms with van der Waals surface area (Å²) in [6.45, 7) is 7.05. The SMILES string of the molecule is CCNCc1ccc(-c2cccc3c2OCC3)c(C)c1. The Kier molecular flexibility index (Phi) is 3.75. The molecule has 2 nitrogen and oxygen atoms in total. The number of aryl methyl sites for hydroxylation is 1. The van der Waals surface area contributed by atoms with E-state index in [1.54, 1.807) is 0 Å². The molecule has 1 aliphatic rings. The molecule has 1 N–H and O–H groups in total. The Morgan fingerprint density at radius 2 is 2.05 bits per heavy atom. The van der Waals surface area contributed by atoms with Gasteiger partial charge in [-0.2, -0.15) is 0 Å². The highest BCUT2D eigenvalue weighted by atomic mass is 16.5. The van der Waals surface area contributed by atoms with E-state index in [-0.39, 0.29) is 0 Å². The second-order valence-electron chi connectivity index (χ2n) is 5.32. The minimum absolute atomic E-state index is 0.809. The summed E-state index contributed by atoms with van der Waals surface area (Å²) < 4.78 is 5.82. The maximum atomic E-state index is 5.82. The van der Waals surface area contributed by atoms with Gasteiger partial charge in [0, 0.05) is 18.5 Å². The zero-order valence-electron chi connectivity index (χ0n) is 12.2. The van der Waals surface area contributed by atoms with Crippen LogP contribution in [0.5, 0.6) is 5.75 Å². The summed E-state index contributed by atoms with van der Waals surface area (Å²) in [4.78, 5) is 0. The van der Waals surface area contributed by atoms with Crippen LogP contribution in [0, 0.1) is 6.92 Å². The van der Waals surface area contributed by atoms with Gasteiger partial charge in [0.2, 0.25) is 0 Å². The fraction of sp³-hybridized carbons (Fsp3) is 0.333. The lowest BCUT2D eigenvalue weighted by molar-refractivity contribution is 0.358. The molecular formula is C18H21NO. The zero-order chi connectivity index (χ0) is 13.9. The molecule has 0 radical (unpaired) electrons. The zero-order valence-corrected chi connectivity index (χ0v) is 12.2. The summed E-state index contributed by atoms with van der Waals surface area (Å²) in [5.41, 5.74) is 6.49. The molecule has 2 heteroatoms. The van der Waals surface area contributed by atoms with Gasteiger partial charge in [0.1, 0.15) is 5.75 Å². The second-order valence-corrected chi connectivity index (χ2v) is 5.32. The molecule has 0 bridgehead atoms. The van der Waals surface area contributed by atoms with Crippen LogP contribution in [0.25, 0.3) is 11.1 Å². The normalized spacial score (nSPS) is 13.1. The Morgan fingerprint density at radius 1 is 1.15 bits per heavy atom. The minimum Gasteiger partial charge on any atom is -0.492 e. The standard InChI is InChI=1S/C18H21NO/c1-3-19-12-14-7-8-16(13(2)11-14)17-6-4-5-15-9-10-20-18(15)17/h4-8,11,19H,3,9-10,12H2,1-2H3. The molecule has 0 fully saturated rings. The number of fused-ring (bicyclic) bond motifs is 1. The first-order valence-electron chi connectivity index (χ1n) is 7.35. The number of benzene rings is 2. The maximum absolute atomic E-state index is 5.82. The molecule has 3 rings (SSSR count). The first-order valence-corrected chi connectivity index (χ1v) is 7.35. The molecule has 0 aliphatic carbocycles. The van der Waals surface area contributed by atoms with E-state index in [1.165, 1.54) is 27.8 Å². The molecule has 20 heavy (non-hydrogen) atoms. The number of hydrogen-bond donors (Lipinski definition) is 1. The molecule has 1 aliphatic heterocycles. The minimum atomic E-state index is 0.809. The Bertz CT molecular complexity index is 619. The van der Waals surface area contributed by atoms with Crippen LogP contribution in [0.1, 0.15) is 23.6 Å². The van der Waals surface area contributed by atoms with E-state index in [1.807, 2.05) is 0 Å². The van der Waals surface area contributed by atoms with Crippen molar-refractivity contribution in [1.29, 1.82) is 0 Å². The lowest BCUT2D eigenvalue weighted by Crippen LogP contribution is -2.11. The Morgan fingerprint density at radius 3 is 2.85 bits per heavy atom. The predicted octanol–water partition coefficient (Wildman–Crippen LogP) is 3.71. The smallest absolute Gasteiger partial charge is 0.130 e. The molecule has 0 aromatic heterocycles. The summed E-state index contributed by atoms with van der Waals surface area (Å²) >= 11 is 0. The van der Waals surface area contributed by atoms with Crippen LogP contribution in [-0.2, 0) is 13.0 Å². The largest absolute Gasteiger partial charge is 0.492 e. The molecule has 2 aromatic rings. The lowest BCUT2D eigenvalue weighted by Gasteiger charge is -2.12. The van der Waals surface area contributed by atoms with Crippen molar-refractivity contribution in [2.45, 2.75) is 26.8 Å². The summed E-state index contributed by atoms with van der Waals surface area (Å²) in [5, 5.41) is 3.37. The van der Waals surface area contributed by atoms with Gasteiger partial charge in [-0.1, -0.05) is 43.3 Å². The number of nitrogens with one attached hydrogen (secondary N) is 1. The van der Waals surface area contributed by atoms with Gasteiger partial charge in [-0.3, -0.25) is 0 Å². The number of ether oxygens (including phenoxy) is 1. The number of rotatable bonds is 4. The van der Waals surface area contributed by atoms with Crippen molar-refractivity contribution in [2.24, 2.45) is 0 Å². The van der Waals surface area contributed by atoms with E-state index >= 15 is 0 Å². The summed E-state index contributed by atoms with van der Waals surface area (Å²) in [7, 11) is 0. The van der Waals surface area contributed by atoms with Gasteiger partial charge in [-0.25, -0.2) is 0 Å². The van der Waals surface area contributed by atoms with Crippen LogP contribution >= 0.6 is 0 Å². The van der Waals surface area contributed by atoms with Gasteiger partial charge in [0.05, 0.1) is 6.61 Å². The summed E-state index contributed by atoms with van der Waals surface area (Å²) in [6.07, 6.45) is 1.03. The average Bonchev–Trinajstić information content (AvgIpc) is 2.94. The van der Waals surface area contributed by atoms with E-state index < -0.39 is 0 Å². The van der Waals surface area contributed by atoms with Crippen molar-refractivity contribution >= 4 is 0 Å². The third kappa shape index (κ3) is 2.44. The van der Waals surface area contributed by atoms with Crippen LogP contribution in [0.15, 0.2) is 36.4 Å². The molecule has 1 heterocycles. The first kappa shape index (κ1) is 13.2. The highest BCUT2D eigenvalue weighted by molar-refractivity contribution is 5.75. The molecule has 2 aromatic carbocycles. The molecule has 104 valence electrons. The quantitative estimate of drug-likeness (QED) is 0.912. The van der Waals surface area contributed by atoms with Crippen LogP contribution in [0.4, 0.5) is 0 Å². The van der Waals surface area contributed by atoms with E-state index in [9.17, 15) is 0 Å². The number of para-hydroxylation sites is 1. The van der Waals surface area contributed by atoms with Crippen LogP contribution in [-0.4, -0.2) is 13.2 Å². The third-order valence-corrected chi connectivity index (χ3v) is 3.87. The van der Waals surface area contributed by atoms with Crippen LogP contribution in [0.2, 0.25) is 0 Å². The third-order valence-electron chi connectivity index (χ3n) is 3.87. The Balaban J connectivity index is 1.97. The van der Waals surface area contributed by atoms with E-state index in [0.29, 0.717) is 0 Å². The van der Waals surface area contributed by atoms with Crippen LogP contribution < -0.4 is 10.1 Å². The second kappa shape index (κ2) is 5.68. The topological polar surface area (TPSA) is 21.3 Å². The van der Waals surface area contributed by atoms with Crippen molar-refractivity contribution in [3.8, 4) is 16.9 Å². The Labute approximate surface area is 120 Å². The van der Waals surface area contributed by atoms with Gasteiger partial charge in [-0.15, -0.1) is 0 Å². The van der Waals surface area contributed by atoms with Gasteiger partial charge in [-0.05, 0) is 35.7 Å². The predicted molar refractivity (Wildman–Crippen MR) is 83.2 cm³/mol. The molecule has 0 saturated carbocycles. The molecule has 0 spiro atoms. The molecule has 0 amide bonds. The molecule has 0 unspecified atom stereocenters. The summed E-state index contributed by atoms with van der Waals surface area (Å²) in [5.74, 6) is 1.08. The Hall–Kier alpha value is -1.80. The highest BCUT2D eigenvalue weighted by Gasteiger charge is 2.17. The van der Waals surface area contributed by atoms with Gasteiger partial charge < -0.3 is 10.1 Å². The van der Waals surface area contributed by atoms with Crippen molar-refractivity contribution in [1.82, 2.24) is 5.32 Å². The van der Waals surface area contributed by atoms with E-state index in [0.717, 1.165) is 31.9 Å². The molecule has 0 saturated heterocycles. The van der Waals surface area contributed by atoms with Crippen molar-refractivity contribution in [3.63, 3.8) is 0 Å². The van der Waals surface area contributed by atoms with Gasteiger partial charge in [0.15, 0.2) is 0 Å². The molecular weight excluding hydrogens is 246 g/mol. The monoisotopic (exact) mass is 267 g/mol. The van der Waals surface area contributed by atoms with Gasteiger partial charge >= 0.3 is 0 Å².